The third-order valence-electron chi connectivity index (χ3n) is 4.14. The fraction of sp³-hybridized carbons (Fsp3) is 0.867. The van der Waals surface area contributed by atoms with Crippen molar-refractivity contribution in [2.45, 2.75) is 45.7 Å². The molecule has 2 rings (SSSR count). The lowest BCUT2D eigenvalue weighted by Gasteiger charge is -2.34. The predicted molar refractivity (Wildman–Crippen MR) is 84.9 cm³/mol. The molecule has 1 saturated heterocycles. The van der Waals surface area contributed by atoms with Crippen molar-refractivity contribution in [3.8, 4) is 0 Å². The van der Waals surface area contributed by atoms with Crippen LogP contribution in [-0.2, 0) is 13.1 Å². The summed E-state index contributed by atoms with van der Waals surface area (Å²) >= 11 is 0. The summed E-state index contributed by atoms with van der Waals surface area (Å²) in [4.78, 5) is 9.47. The first-order chi connectivity index (χ1) is 10.3. The first-order valence-electron chi connectivity index (χ1n) is 8.35. The average molecular weight is 294 g/mol. The van der Waals surface area contributed by atoms with Gasteiger partial charge in [0.2, 0.25) is 0 Å². The van der Waals surface area contributed by atoms with E-state index in [4.69, 9.17) is 5.73 Å². The maximum atomic E-state index is 5.53. The van der Waals surface area contributed by atoms with E-state index in [1.54, 1.807) is 6.33 Å². The Morgan fingerprint density at radius 1 is 1.05 bits per heavy atom. The minimum atomic E-state index is 0.826. The van der Waals surface area contributed by atoms with E-state index in [9.17, 15) is 0 Å². The highest BCUT2D eigenvalue weighted by molar-refractivity contribution is 4.86. The van der Waals surface area contributed by atoms with Gasteiger partial charge in [0.05, 0.1) is 6.54 Å². The van der Waals surface area contributed by atoms with Gasteiger partial charge in [0.15, 0.2) is 0 Å². The second-order valence-corrected chi connectivity index (χ2v) is 5.87. The molecule has 1 aliphatic heterocycles. The standard InChI is InChI=1S/C15H30N6/c1-2-7-21-15(17-14-18-21)13-20-11-9-19(10-12-20)8-5-3-4-6-16/h14H,2-13,16H2,1H3. The number of aromatic nitrogens is 3. The van der Waals surface area contributed by atoms with E-state index in [2.05, 4.69) is 26.8 Å². The molecular weight excluding hydrogens is 264 g/mol. The number of nitrogens with two attached hydrogens (primary N) is 1. The van der Waals surface area contributed by atoms with Crippen molar-refractivity contribution >= 4 is 0 Å². The molecule has 1 aliphatic rings. The number of hydrogen-bond donors (Lipinski definition) is 1. The fourth-order valence-corrected chi connectivity index (χ4v) is 2.84. The zero-order chi connectivity index (χ0) is 14.9. The van der Waals surface area contributed by atoms with Crippen molar-refractivity contribution in [2.24, 2.45) is 5.73 Å². The number of rotatable bonds is 9. The maximum Gasteiger partial charge on any atom is 0.141 e. The van der Waals surface area contributed by atoms with Crippen molar-refractivity contribution in [1.29, 1.82) is 0 Å². The largest absolute Gasteiger partial charge is 0.330 e. The van der Waals surface area contributed by atoms with Gasteiger partial charge in [-0.3, -0.25) is 4.90 Å². The van der Waals surface area contributed by atoms with E-state index in [0.29, 0.717) is 0 Å². The second-order valence-electron chi connectivity index (χ2n) is 5.87. The molecule has 6 heteroatoms. The summed E-state index contributed by atoms with van der Waals surface area (Å²) in [6.07, 6.45) is 6.48. The Kier molecular flexibility index (Phi) is 7.12. The van der Waals surface area contributed by atoms with E-state index in [-0.39, 0.29) is 0 Å². The van der Waals surface area contributed by atoms with Crippen LogP contribution >= 0.6 is 0 Å². The Morgan fingerprint density at radius 2 is 1.81 bits per heavy atom. The Bertz CT molecular complexity index is 383. The number of unbranched alkanes of at least 4 members (excludes halogenated alkanes) is 2. The van der Waals surface area contributed by atoms with Crippen molar-refractivity contribution in [3.63, 3.8) is 0 Å². The summed E-state index contributed by atoms with van der Waals surface area (Å²) < 4.78 is 2.04. The summed E-state index contributed by atoms with van der Waals surface area (Å²) in [5.74, 6) is 1.10. The molecule has 0 aliphatic carbocycles. The van der Waals surface area contributed by atoms with Gasteiger partial charge in [0, 0.05) is 32.7 Å². The van der Waals surface area contributed by atoms with Crippen LogP contribution in [0.3, 0.4) is 0 Å². The molecule has 1 aromatic rings. The Labute approximate surface area is 128 Å². The van der Waals surface area contributed by atoms with E-state index in [1.807, 2.05) is 4.68 Å². The van der Waals surface area contributed by atoms with Crippen LogP contribution in [0.4, 0.5) is 0 Å². The van der Waals surface area contributed by atoms with Crippen molar-refractivity contribution in [2.75, 3.05) is 39.3 Å². The topological polar surface area (TPSA) is 63.2 Å². The Balaban J connectivity index is 1.68. The van der Waals surface area contributed by atoms with Gasteiger partial charge >= 0.3 is 0 Å². The molecule has 0 radical (unpaired) electrons. The van der Waals surface area contributed by atoms with Crippen molar-refractivity contribution in [1.82, 2.24) is 24.6 Å². The van der Waals surface area contributed by atoms with Crippen LogP contribution in [0.15, 0.2) is 6.33 Å². The normalized spacial score (nSPS) is 17.4. The predicted octanol–water partition coefficient (Wildman–Crippen LogP) is 0.935. The summed E-state index contributed by atoms with van der Waals surface area (Å²) in [5, 5.41) is 4.30. The third-order valence-corrected chi connectivity index (χ3v) is 4.14. The third kappa shape index (κ3) is 5.37. The number of nitrogens with zero attached hydrogens (tertiary/aromatic N) is 5. The van der Waals surface area contributed by atoms with Gasteiger partial charge in [-0.25, -0.2) is 9.67 Å². The molecule has 21 heavy (non-hydrogen) atoms. The SMILES string of the molecule is CCCn1ncnc1CN1CCN(CCCCCN)CC1. The smallest absolute Gasteiger partial charge is 0.141 e. The number of piperazine rings is 1. The van der Waals surface area contributed by atoms with E-state index >= 15 is 0 Å². The Hall–Kier alpha value is -0.980. The highest BCUT2D eigenvalue weighted by atomic mass is 15.4. The van der Waals surface area contributed by atoms with Gasteiger partial charge < -0.3 is 10.6 Å². The molecule has 6 nitrogen and oxygen atoms in total. The molecule has 0 saturated carbocycles. The van der Waals surface area contributed by atoms with Gasteiger partial charge in [-0.05, 0) is 32.4 Å². The van der Waals surface area contributed by atoms with Gasteiger partial charge in [0.1, 0.15) is 12.2 Å². The Morgan fingerprint density at radius 3 is 2.52 bits per heavy atom. The van der Waals surface area contributed by atoms with Gasteiger partial charge in [-0.2, -0.15) is 5.10 Å². The molecule has 0 spiro atoms. The van der Waals surface area contributed by atoms with Crippen LogP contribution in [0.1, 0.15) is 38.4 Å². The van der Waals surface area contributed by atoms with E-state index in [0.717, 1.165) is 51.4 Å². The number of aryl methyl sites for hydroxylation is 1. The monoisotopic (exact) mass is 294 g/mol. The van der Waals surface area contributed by atoms with Crippen LogP contribution in [0.2, 0.25) is 0 Å². The van der Waals surface area contributed by atoms with Gasteiger partial charge in [-0.15, -0.1) is 0 Å². The molecule has 0 unspecified atom stereocenters. The first-order valence-corrected chi connectivity index (χ1v) is 8.35. The molecule has 0 bridgehead atoms. The summed E-state index contributed by atoms with van der Waals surface area (Å²) in [6.45, 7) is 10.7. The van der Waals surface area contributed by atoms with Gasteiger partial charge in [0.25, 0.3) is 0 Å². The molecule has 0 amide bonds. The van der Waals surface area contributed by atoms with E-state index < -0.39 is 0 Å². The molecule has 2 N–H and O–H groups in total. The van der Waals surface area contributed by atoms with Crippen LogP contribution in [0.5, 0.6) is 0 Å². The highest BCUT2D eigenvalue weighted by Crippen LogP contribution is 2.08. The summed E-state index contributed by atoms with van der Waals surface area (Å²) in [7, 11) is 0. The maximum absolute atomic E-state index is 5.53. The lowest BCUT2D eigenvalue weighted by Crippen LogP contribution is -2.46. The molecule has 120 valence electrons. The average Bonchev–Trinajstić information content (AvgIpc) is 2.93. The molecule has 0 atom stereocenters. The highest BCUT2D eigenvalue weighted by Gasteiger charge is 2.18. The van der Waals surface area contributed by atoms with Crippen LogP contribution in [0.25, 0.3) is 0 Å². The molecule has 0 aromatic carbocycles. The zero-order valence-electron chi connectivity index (χ0n) is 13.4. The van der Waals surface area contributed by atoms with Crippen LogP contribution in [0, 0.1) is 0 Å². The zero-order valence-corrected chi connectivity index (χ0v) is 13.4. The lowest BCUT2D eigenvalue weighted by atomic mass is 10.2. The minimum Gasteiger partial charge on any atom is -0.330 e. The quantitative estimate of drug-likeness (QED) is 0.687. The van der Waals surface area contributed by atoms with E-state index in [1.165, 1.54) is 32.5 Å². The first kappa shape index (κ1) is 16.4. The molecular formula is C15H30N6. The van der Waals surface area contributed by atoms with Crippen molar-refractivity contribution in [3.05, 3.63) is 12.2 Å². The van der Waals surface area contributed by atoms with Crippen molar-refractivity contribution < 1.29 is 0 Å². The summed E-state index contributed by atoms with van der Waals surface area (Å²) in [6, 6.07) is 0. The molecule has 1 aromatic heterocycles. The van der Waals surface area contributed by atoms with Crippen LogP contribution in [-0.4, -0.2) is 63.8 Å². The fourth-order valence-electron chi connectivity index (χ4n) is 2.84. The lowest BCUT2D eigenvalue weighted by molar-refractivity contribution is 0.122. The molecule has 1 fully saturated rings. The summed E-state index contributed by atoms with van der Waals surface area (Å²) in [5.41, 5.74) is 5.53. The minimum absolute atomic E-state index is 0.826. The van der Waals surface area contributed by atoms with Gasteiger partial charge in [-0.1, -0.05) is 13.3 Å². The number of hydrogen-bond acceptors (Lipinski definition) is 5. The molecule has 2 heterocycles. The van der Waals surface area contributed by atoms with Crippen LogP contribution < -0.4 is 5.73 Å². The second kappa shape index (κ2) is 9.12.